The minimum atomic E-state index is 0.650. The number of H-pyrrole nitrogens is 1. The molecule has 2 N–H and O–H groups in total. The fourth-order valence-corrected chi connectivity index (χ4v) is 4.04. The third-order valence-electron chi connectivity index (χ3n) is 5.45. The molecule has 6 nitrogen and oxygen atoms in total. The van der Waals surface area contributed by atoms with E-state index >= 15 is 0 Å². The number of pyridine rings is 1. The lowest BCUT2D eigenvalue weighted by Crippen LogP contribution is -2.19. The minimum absolute atomic E-state index is 0.650. The van der Waals surface area contributed by atoms with E-state index in [0.717, 1.165) is 69.3 Å². The molecule has 1 aliphatic rings. The molecule has 0 radical (unpaired) electrons. The molecule has 0 atom stereocenters. The topological polar surface area (TPSA) is 75.2 Å². The Kier molecular flexibility index (Phi) is 4.51. The Bertz CT molecular complexity index is 1490. The monoisotopic (exact) mass is 439 g/mol. The van der Waals surface area contributed by atoms with Gasteiger partial charge in [-0.15, -0.1) is 0 Å². The number of aromatic nitrogens is 3. The summed E-state index contributed by atoms with van der Waals surface area (Å²) in [5.74, 6) is 3.23. The van der Waals surface area contributed by atoms with Gasteiger partial charge in [-0.3, -0.25) is 9.98 Å². The summed E-state index contributed by atoms with van der Waals surface area (Å²) in [7, 11) is 0. The summed E-state index contributed by atoms with van der Waals surface area (Å²) in [6.45, 7) is 1.71. The number of amidine groups is 1. The van der Waals surface area contributed by atoms with Gasteiger partial charge in [0.1, 0.15) is 23.2 Å². The van der Waals surface area contributed by atoms with E-state index in [0.29, 0.717) is 5.02 Å². The van der Waals surface area contributed by atoms with E-state index in [1.807, 2.05) is 60.7 Å². The molecule has 7 heteroatoms. The summed E-state index contributed by atoms with van der Waals surface area (Å²) in [6.07, 6.45) is 1.72. The zero-order chi connectivity index (χ0) is 21.5. The standard InChI is InChI=1S/C25H18ClN5O/c26-17-4-7-19-21(14-17)27-10-9-23(19)32-18-5-1-15(2-6-18)25-30-20-8-3-16(13-22(20)31-25)24-28-11-12-29-24/h1-10,13-14H,11-12H2,(H,28,29)(H,30,31). The highest BCUT2D eigenvalue weighted by Crippen LogP contribution is 2.31. The molecule has 3 aromatic carbocycles. The van der Waals surface area contributed by atoms with Gasteiger partial charge in [0.05, 0.1) is 23.1 Å². The number of benzene rings is 3. The molecular weight excluding hydrogens is 422 g/mol. The second kappa shape index (κ2) is 7.66. The number of hydrogen-bond acceptors (Lipinski definition) is 5. The van der Waals surface area contributed by atoms with E-state index < -0.39 is 0 Å². The van der Waals surface area contributed by atoms with Crippen molar-refractivity contribution in [2.24, 2.45) is 4.99 Å². The molecule has 156 valence electrons. The summed E-state index contributed by atoms with van der Waals surface area (Å²) >= 11 is 6.08. The summed E-state index contributed by atoms with van der Waals surface area (Å²) in [5, 5.41) is 4.87. The van der Waals surface area contributed by atoms with Crippen LogP contribution in [0, 0.1) is 0 Å². The first-order valence-electron chi connectivity index (χ1n) is 10.3. The average Bonchev–Trinajstić information content (AvgIpc) is 3.49. The maximum Gasteiger partial charge on any atom is 0.138 e. The van der Waals surface area contributed by atoms with Gasteiger partial charge in [0, 0.05) is 34.3 Å². The van der Waals surface area contributed by atoms with Crippen molar-refractivity contribution in [3.8, 4) is 22.9 Å². The molecule has 0 bridgehead atoms. The molecule has 0 spiro atoms. The summed E-state index contributed by atoms with van der Waals surface area (Å²) < 4.78 is 6.12. The molecule has 5 aromatic rings. The van der Waals surface area contributed by atoms with Gasteiger partial charge in [-0.25, -0.2) is 4.98 Å². The van der Waals surface area contributed by atoms with Gasteiger partial charge in [0.25, 0.3) is 0 Å². The Balaban J connectivity index is 1.27. The number of imidazole rings is 1. The lowest BCUT2D eigenvalue weighted by molar-refractivity contribution is 0.488. The first-order chi connectivity index (χ1) is 15.7. The first-order valence-corrected chi connectivity index (χ1v) is 10.7. The molecule has 0 aliphatic carbocycles. The molecule has 0 fully saturated rings. The number of nitrogens with zero attached hydrogens (tertiary/aromatic N) is 3. The number of fused-ring (bicyclic) bond motifs is 2. The second-order valence-corrected chi connectivity index (χ2v) is 8.01. The van der Waals surface area contributed by atoms with E-state index in [-0.39, 0.29) is 0 Å². The number of ether oxygens (including phenoxy) is 1. The van der Waals surface area contributed by atoms with Crippen molar-refractivity contribution >= 4 is 39.4 Å². The molecule has 0 saturated heterocycles. The quantitative estimate of drug-likeness (QED) is 0.383. The maximum absolute atomic E-state index is 6.12. The fourth-order valence-electron chi connectivity index (χ4n) is 3.88. The minimum Gasteiger partial charge on any atom is -0.457 e. The van der Waals surface area contributed by atoms with Crippen molar-refractivity contribution in [3.05, 3.63) is 83.5 Å². The van der Waals surface area contributed by atoms with Gasteiger partial charge >= 0.3 is 0 Å². The van der Waals surface area contributed by atoms with Crippen molar-refractivity contribution in [3.63, 3.8) is 0 Å². The van der Waals surface area contributed by atoms with E-state index in [1.165, 1.54) is 0 Å². The molecule has 0 amide bonds. The van der Waals surface area contributed by atoms with E-state index in [2.05, 4.69) is 26.3 Å². The Morgan fingerprint density at radius 1 is 0.875 bits per heavy atom. The zero-order valence-corrected chi connectivity index (χ0v) is 17.7. The normalized spacial score (nSPS) is 13.3. The molecule has 0 saturated carbocycles. The van der Waals surface area contributed by atoms with E-state index in [4.69, 9.17) is 21.3 Å². The summed E-state index contributed by atoms with van der Waals surface area (Å²) in [6, 6.07) is 21.5. The number of nitrogens with one attached hydrogen (secondary N) is 2. The highest BCUT2D eigenvalue weighted by molar-refractivity contribution is 6.31. The van der Waals surface area contributed by atoms with Crippen LogP contribution in [0.4, 0.5) is 0 Å². The Hall–Kier alpha value is -3.90. The van der Waals surface area contributed by atoms with Gasteiger partial charge < -0.3 is 15.0 Å². The summed E-state index contributed by atoms with van der Waals surface area (Å²) in [5.41, 5.74) is 4.75. The number of aliphatic imine (C=N–C) groups is 1. The van der Waals surface area contributed by atoms with Crippen LogP contribution in [-0.4, -0.2) is 33.9 Å². The van der Waals surface area contributed by atoms with Crippen LogP contribution in [0.2, 0.25) is 5.02 Å². The van der Waals surface area contributed by atoms with Crippen molar-refractivity contribution in [2.45, 2.75) is 0 Å². The number of aromatic amines is 1. The zero-order valence-electron chi connectivity index (χ0n) is 17.0. The Morgan fingerprint density at radius 2 is 1.75 bits per heavy atom. The average molecular weight is 440 g/mol. The van der Waals surface area contributed by atoms with Crippen molar-refractivity contribution < 1.29 is 4.74 Å². The maximum atomic E-state index is 6.12. The van der Waals surface area contributed by atoms with Gasteiger partial charge in [-0.05, 0) is 66.7 Å². The van der Waals surface area contributed by atoms with Crippen LogP contribution >= 0.6 is 11.6 Å². The van der Waals surface area contributed by atoms with Crippen molar-refractivity contribution in [2.75, 3.05) is 13.1 Å². The lowest BCUT2D eigenvalue weighted by Gasteiger charge is -2.09. The van der Waals surface area contributed by atoms with E-state index in [1.54, 1.807) is 6.20 Å². The SMILES string of the molecule is Clc1ccc2c(Oc3ccc(-c4nc5ccc(C6=NCCN6)cc5[nH]4)cc3)ccnc2c1. The number of halogens is 1. The van der Waals surface area contributed by atoms with Gasteiger partial charge in [-0.2, -0.15) is 0 Å². The number of rotatable bonds is 4. The first kappa shape index (κ1) is 18.8. The molecule has 1 aliphatic heterocycles. The van der Waals surface area contributed by atoms with Crippen LogP contribution in [0.15, 0.2) is 77.9 Å². The lowest BCUT2D eigenvalue weighted by atomic mass is 10.2. The summed E-state index contributed by atoms with van der Waals surface area (Å²) in [4.78, 5) is 17.0. The highest BCUT2D eigenvalue weighted by Gasteiger charge is 2.12. The molecule has 3 heterocycles. The van der Waals surface area contributed by atoms with Crippen LogP contribution in [0.3, 0.4) is 0 Å². The molecule has 2 aromatic heterocycles. The van der Waals surface area contributed by atoms with Crippen molar-refractivity contribution in [1.82, 2.24) is 20.3 Å². The molecule has 0 unspecified atom stereocenters. The molecule has 32 heavy (non-hydrogen) atoms. The molecular formula is C25H18ClN5O. The Labute approximate surface area is 189 Å². The van der Waals surface area contributed by atoms with Crippen LogP contribution in [0.25, 0.3) is 33.3 Å². The fraction of sp³-hybridized carbons (Fsp3) is 0.0800. The van der Waals surface area contributed by atoms with Gasteiger partial charge in [-0.1, -0.05) is 11.6 Å². The Morgan fingerprint density at radius 3 is 2.59 bits per heavy atom. The van der Waals surface area contributed by atoms with E-state index in [9.17, 15) is 0 Å². The predicted molar refractivity (Wildman–Crippen MR) is 128 cm³/mol. The highest BCUT2D eigenvalue weighted by atomic mass is 35.5. The third kappa shape index (κ3) is 3.44. The second-order valence-electron chi connectivity index (χ2n) is 7.57. The van der Waals surface area contributed by atoms with Crippen LogP contribution in [-0.2, 0) is 0 Å². The van der Waals surface area contributed by atoms with Crippen LogP contribution in [0.5, 0.6) is 11.5 Å². The largest absolute Gasteiger partial charge is 0.457 e. The smallest absolute Gasteiger partial charge is 0.138 e. The van der Waals surface area contributed by atoms with Crippen LogP contribution < -0.4 is 10.1 Å². The van der Waals surface area contributed by atoms with Crippen LogP contribution in [0.1, 0.15) is 5.56 Å². The predicted octanol–water partition coefficient (Wildman–Crippen LogP) is 5.57. The number of hydrogen-bond donors (Lipinski definition) is 2. The van der Waals surface area contributed by atoms with Gasteiger partial charge in [0.2, 0.25) is 0 Å². The third-order valence-corrected chi connectivity index (χ3v) is 5.68. The molecule has 6 rings (SSSR count). The van der Waals surface area contributed by atoms with Crippen molar-refractivity contribution in [1.29, 1.82) is 0 Å². The van der Waals surface area contributed by atoms with Gasteiger partial charge in [0.15, 0.2) is 0 Å².